The fourth-order valence-corrected chi connectivity index (χ4v) is 10.3. The van der Waals surface area contributed by atoms with E-state index in [2.05, 4.69) is 21.3 Å². The van der Waals surface area contributed by atoms with Gasteiger partial charge in [0, 0.05) is 34.6 Å². The van der Waals surface area contributed by atoms with Gasteiger partial charge >= 0.3 is 0 Å². The van der Waals surface area contributed by atoms with Gasteiger partial charge in [-0.05, 0) is 124 Å². The molecule has 4 amide bonds. The molecule has 0 aromatic heterocycles. The minimum absolute atomic E-state index is 0.0821. The first kappa shape index (κ1) is 49.7. The number of nitrogens with one attached hydrogen (secondary N) is 4. The molecule has 0 heterocycles. The van der Waals surface area contributed by atoms with Gasteiger partial charge in [0.05, 0.1) is 21.2 Å². The lowest BCUT2D eigenvalue weighted by molar-refractivity contribution is -0.116. The molecule has 0 aliphatic heterocycles. The first-order valence-corrected chi connectivity index (χ1v) is 24.0. The minimum Gasteiger partial charge on any atom is -0.506 e. The largest absolute Gasteiger partial charge is 0.506 e. The normalized spacial score (nSPS) is 12.1. The van der Waals surface area contributed by atoms with Crippen LogP contribution in [0.5, 0.6) is 11.5 Å². The molecule has 0 saturated heterocycles. The van der Waals surface area contributed by atoms with Crippen molar-refractivity contribution in [3.05, 3.63) is 167 Å². The molecule has 0 radical (unpaired) electrons. The summed E-state index contributed by atoms with van der Waals surface area (Å²) in [4.78, 5) is 50.6. The molecule has 0 saturated carbocycles. The van der Waals surface area contributed by atoms with E-state index in [1.807, 2.05) is 26.0 Å². The number of phenols is 2. The number of rotatable bonds is 14. The number of sulfone groups is 2. The van der Waals surface area contributed by atoms with Crippen LogP contribution in [-0.2, 0) is 29.3 Å². The second-order valence-corrected chi connectivity index (χ2v) is 19.9. The van der Waals surface area contributed by atoms with E-state index in [0.717, 1.165) is 22.3 Å². The highest BCUT2D eigenvalue weighted by atomic mass is 32.2. The van der Waals surface area contributed by atoms with Crippen LogP contribution in [0.1, 0.15) is 69.7 Å². The van der Waals surface area contributed by atoms with Crippen LogP contribution in [-0.4, -0.2) is 61.2 Å². The van der Waals surface area contributed by atoms with Crippen LogP contribution < -0.4 is 21.3 Å². The predicted octanol–water partition coefficient (Wildman–Crippen LogP) is 8.90. The Labute approximate surface area is 385 Å². The number of hydrogen-bond donors (Lipinski definition) is 6. The number of carbonyl (C=O) groups is 4. The van der Waals surface area contributed by atoms with Gasteiger partial charge in [-0.15, -0.1) is 0 Å². The number of amides is 4. The van der Waals surface area contributed by atoms with E-state index in [1.165, 1.54) is 60.7 Å². The van der Waals surface area contributed by atoms with Crippen LogP contribution in [0.3, 0.4) is 0 Å². The molecular formula is C50H52N4O10S2. The monoisotopic (exact) mass is 932 g/mol. The van der Waals surface area contributed by atoms with Crippen molar-refractivity contribution in [2.45, 2.75) is 74.7 Å². The SMILES string of the molecule is CCC(C(=O)Nc1ccc(NC(=O)c2cccc(C)c2)c(O)c1)S(=O)(=O)c1cccc(C)c1.CCC(C(=O)Nc1ccc(NC(=O)c2cccc(C)c2)c(O)c1)S(=O)(=O)c1cccc(C)c1. The number of carbonyl (C=O) groups excluding carboxylic acids is 4. The number of hydrogen-bond acceptors (Lipinski definition) is 10. The predicted molar refractivity (Wildman–Crippen MR) is 257 cm³/mol. The van der Waals surface area contributed by atoms with Crippen molar-refractivity contribution in [3.63, 3.8) is 0 Å². The average molecular weight is 933 g/mol. The van der Waals surface area contributed by atoms with Gasteiger partial charge in [-0.1, -0.05) is 73.5 Å². The van der Waals surface area contributed by atoms with Gasteiger partial charge in [-0.25, -0.2) is 16.8 Å². The topological polar surface area (TPSA) is 225 Å². The van der Waals surface area contributed by atoms with Crippen LogP contribution in [0.15, 0.2) is 143 Å². The van der Waals surface area contributed by atoms with Crippen LogP contribution in [0.4, 0.5) is 22.7 Å². The van der Waals surface area contributed by atoms with Gasteiger partial charge in [0.1, 0.15) is 22.0 Å². The highest BCUT2D eigenvalue weighted by Gasteiger charge is 2.34. The number of phenolic OH excluding ortho intramolecular Hbond substituents is 2. The van der Waals surface area contributed by atoms with Crippen LogP contribution in [0.25, 0.3) is 0 Å². The first-order chi connectivity index (χ1) is 31.2. The van der Waals surface area contributed by atoms with Gasteiger partial charge in [0.15, 0.2) is 19.7 Å². The lowest BCUT2D eigenvalue weighted by Gasteiger charge is -2.17. The fraction of sp³-hybridized carbons (Fsp3) is 0.200. The summed E-state index contributed by atoms with van der Waals surface area (Å²) in [5, 5.41) is 28.4. The highest BCUT2D eigenvalue weighted by Crippen LogP contribution is 2.30. The standard InChI is InChI=1S/2C25H26N2O5S/c2*1-4-23(33(31,32)20-10-6-8-17(3)14-20)25(30)26-19-11-12-21(22(28)15-19)27-24(29)18-9-5-7-16(2)13-18/h2*5-15,23,28H,4H2,1-3H3,(H,26,30)(H,27,29). The summed E-state index contributed by atoms with van der Waals surface area (Å²) in [5.41, 5.74) is 5.05. The van der Waals surface area contributed by atoms with E-state index in [1.54, 1.807) is 88.4 Å². The van der Waals surface area contributed by atoms with Gasteiger partial charge in [0.25, 0.3) is 11.8 Å². The number of aromatic hydroxyl groups is 2. The summed E-state index contributed by atoms with van der Waals surface area (Å²) in [6.45, 7) is 10.5. The molecular weight excluding hydrogens is 881 g/mol. The molecule has 0 fully saturated rings. The first-order valence-electron chi connectivity index (χ1n) is 20.9. The molecule has 2 unspecified atom stereocenters. The Kier molecular flexibility index (Phi) is 16.3. The average Bonchev–Trinajstić information content (AvgIpc) is 3.26. The summed E-state index contributed by atoms with van der Waals surface area (Å²) >= 11 is 0. The molecule has 344 valence electrons. The smallest absolute Gasteiger partial charge is 0.255 e. The summed E-state index contributed by atoms with van der Waals surface area (Å²) < 4.78 is 52.0. The third-order valence-corrected chi connectivity index (χ3v) is 14.7. The fourth-order valence-electron chi connectivity index (χ4n) is 6.84. The van der Waals surface area contributed by atoms with Crippen molar-refractivity contribution >= 4 is 66.1 Å². The second kappa shape index (κ2) is 21.6. The van der Waals surface area contributed by atoms with Crippen LogP contribution in [0.2, 0.25) is 0 Å². The molecule has 0 aliphatic carbocycles. The van der Waals surface area contributed by atoms with Gasteiger partial charge < -0.3 is 31.5 Å². The zero-order valence-corrected chi connectivity index (χ0v) is 38.9. The Hall–Kier alpha value is -7.30. The highest BCUT2D eigenvalue weighted by molar-refractivity contribution is 7.93. The van der Waals surface area contributed by atoms with Crippen molar-refractivity contribution < 1.29 is 46.2 Å². The number of anilines is 4. The zero-order chi connectivity index (χ0) is 48.3. The Morgan fingerprint density at radius 2 is 0.788 bits per heavy atom. The van der Waals surface area contributed by atoms with Crippen molar-refractivity contribution in [1.29, 1.82) is 0 Å². The lowest BCUT2D eigenvalue weighted by atomic mass is 10.1. The maximum atomic E-state index is 13.0. The summed E-state index contributed by atoms with van der Waals surface area (Å²) in [7, 11) is -7.79. The van der Waals surface area contributed by atoms with Crippen molar-refractivity contribution in [3.8, 4) is 11.5 Å². The quantitative estimate of drug-likeness (QED) is 0.0569. The number of aryl methyl sites for hydroxylation is 4. The maximum Gasteiger partial charge on any atom is 0.255 e. The Morgan fingerprint density at radius 1 is 0.455 bits per heavy atom. The molecule has 0 spiro atoms. The van der Waals surface area contributed by atoms with Crippen LogP contribution in [0, 0.1) is 27.7 Å². The molecule has 16 heteroatoms. The van der Waals surface area contributed by atoms with Gasteiger partial charge in [0.2, 0.25) is 11.8 Å². The molecule has 14 nitrogen and oxygen atoms in total. The molecule has 2 atom stereocenters. The van der Waals surface area contributed by atoms with E-state index in [0.29, 0.717) is 11.1 Å². The molecule has 0 bridgehead atoms. The summed E-state index contributed by atoms with van der Waals surface area (Å²) in [5.74, 6) is -2.70. The Morgan fingerprint density at radius 3 is 1.09 bits per heavy atom. The van der Waals surface area contributed by atoms with E-state index in [4.69, 9.17) is 0 Å². The maximum absolute atomic E-state index is 13.0. The Balaban J connectivity index is 0.000000247. The summed E-state index contributed by atoms with van der Waals surface area (Å²) in [6.07, 6.45) is 0.164. The molecule has 6 aromatic carbocycles. The van der Waals surface area contributed by atoms with Crippen molar-refractivity contribution in [2.24, 2.45) is 0 Å². The number of benzene rings is 6. The van der Waals surface area contributed by atoms with Gasteiger partial charge in [-0.3, -0.25) is 19.2 Å². The molecule has 66 heavy (non-hydrogen) atoms. The summed E-state index contributed by atoms with van der Waals surface area (Å²) in [6, 6.07) is 35.2. The van der Waals surface area contributed by atoms with E-state index < -0.39 is 42.0 Å². The molecule has 6 aromatic rings. The third-order valence-electron chi connectivity index (χ3n) is 10.3. The Bertz CT molecular complexity index is 2810. The second-order valence-electron chi connectivity index (χ2n) is 15.6. The molecule has 6 rings (SSSR count). The lowest BCUT2D eigenvalue weighted by Crippen LogP contribution is -2.34. The van der Waals surface area contributed by atoms with Crippen molar-refractivity contribution in [1.82, 2.24) is 0 Å². The van der Waals surface area contributed by atoms with E-state index in [-0.39, 0.29) is 68.7 Å². The van der Waals surface area contributed by atoms with E-state index >= 15 is 0 Å². The van der Waals surface area contributed by atoms with Crippen LogP contribution >= 0.6 is 0 Å². The molecule has 0 aliphatic rings. The third kappa shape index (κ3) is 12.5. The molecule has 6 N–H and O–H groups in total. The van der Waals surface area contributed by atoms with Gasteiger partial charge in [-0.2, -0.15) is 0 Å². The van der Waals surface area contributed by atoms with Crippen molar-refractivity contribution in [2.75, 3.05) is 21.3 Å². The van der Waals surface area contributed by atoms with E-state index in [9.17, 15) is 46.2 Å². The zero-order valence-electron chi connectivity index (χ0n) is 37.2. The minimum atomic E-state index is -3.89.